The van der Waals surface area contributed by atoms with Gasteiger partial charge in [0.05, 0.1) is 4.90 Å². The van der Waals surface area contributed by atoms with E-state index in [0.717, 1.165) is 24.0 Å². The molecule has 138 valence electrons. The van der Waals surface area contributed by atoms with E-state index in [4.69, 9.17) is 0 Å². The SMILES string of the molecule is CCCCCCCCCCCCCc1cc(S(=O)(=O)[O-])ccc1C.[Na+]. The third-order valence-electron chi connectivity index (χ3n) is 4.66. The zero-order chi connectivity index (χ0) is 17.8. The summed E-state index contributed by atoms with van der Waals surface area (Å²) in [6.45, 7) is 4.21. The molecule has 0 saturated heterocycles. The topological polar surface area (TPSA) is 57.2 Å². The number of rotatable bonds is 13. The van der Waals surface area contributed by atoms with Crippen molar-refractivity contribution in [2.24, 2.45) is 0 Å². The molecule has 0 amide bonds. The molecule has 3 nitrogen and oxygen atoms in total. The Kier molecular flexibility index (Phi) is 14.3. The first kappa shape index (κ1) is 25.1. The molecule has 0 aliphatic rings. The maximum absolute atomic E-state index is 11.1. The van der Waals surface area contributed by atoms with Gasteiger partial charge in [-0.3, -0.25) is 0 Å². The molecule has 0 unspecified atom stereocenters. The van der Waals surface area contributed by atoms with Crippen molar-refractivity contribution in [1.82, 2.24) is 0 Å². The van der Waals surface area contributed by atoms with Gasteiger partial charge < -0.3 is 4.55 Å². The third kappa shape index (κ3) is 11.4. The second-order valence-electron chi connectivity index (χ2n) is 6.83. The van der Waals surface area contributed by atoms with E-state index in [1.54, 1.807) is 12.1 Å². The van der Waals surface area contributed by atoms with Crippen LogP contribution in [0.15, 0.2) is 23.1 Å². The van der Waals surface area contributed by atoms with Gasteiger partial charge in [0.2, 0.25) is 0 Å². The monoisotopic (exact) mass is 376 g/mol. The van der Waals surface area contributed by atoms with Gasteiger partial charge in [-0.05, 0) is 43.0 Å². The fourth-order valence-electron chi connectivity index (χ4n) is 3.05. The van der Waals surface area contributed by atoms with E-state index in [1.165, 1.54) is 70.3 Å². The first-order valence-electron chi connectivity index (χ1n) is 9.50. The Labute approximate surface area is 177 Å². The molecule has 0 radical (unpaired) electrons. The molecule has 25 heavy (non-hydrogen) atoms. The van der Waals surface area contributed by atoms with E-state index < -0.39 is 10.1 Å². The number of benzene rings is 1. The minimum Gasteiger partial charge on any atom is -0.744 e. The van der Waals surface area contributed by atoms with Gasteiger partial charge in [0.25, 0.3) is 0 Å². The van der Waals surface area contributed by atoms with Crippen molar-refractivity contribution in [3.63, 3.8) is 0 Å². The predicted octanol–water partition coefficient (Wildman–Crippen LogP) is 2.76. The van der Waals surface area contributed by atoms with Crippen LogP contribution < -0.4 is 29.6 Å². The van der Waals surface area contributed by atoms with Crippen LogP contribution >= 0.6 is 0 Å². The van der Waals surface area contributed by atoms with Crippen LogP contribution in [0.1, 0.15) is 88.7 Å². The summed E-state index contributed by atoms with van der Waals surface area (Å²) in [6.07, 6.45) is 15.1. The Bertz CT molecular complexity index is 570. The second-order valence-corrected chi connectivity index (χ2v) is 8.21. The molecule has 0 N–H and O–H groups in total. The van der Waals surface area contributed by atoms with Crippen molar-refractivity contribution in [2.45, 2.75) is 95.8 Å². The van der Waals surface area contributed by atoms with Crippen LogP contribution in [0, 0.1) is 6.92 Å². The van der Waals surface area contributed by atoms with Gasteiger partial charge in [-0.25, -0.2) is 8.42 Å². The minimum absolute atomic E-state index is 0. The Hall–Kier alpha value is 0.130. The van der Waals surface area contributed by atoms with Crippen molar-refractivity contribution in [3.05, 3.63) is 29.3 Å². The van der Waals surface area contributed by atoms with Crippen molar-refractivity contribution >= 4 is 10.1 Å². The molecule has 1 aromatic rings. The molecule has 0 atom stereocenters. The molecule has 0 spiro atoms. The minimum atomic E-state index is -4.35. The molecule has 0 aliphatic heterocycles. The van der Waals surface area contributed by atoms with Crippen LogP contribution in [0.2, 0.25) is 0 Å². The molecule has 0 fully saturated rings. The Morgan fingerprint density at radius 1 is 0.840 bits per heavy atom. The molecule has 0 bridgehead atoms. The number of hydrogen-bond donors (Lipinski definition) is 0. The van der Waals surface area contributed by atoms with Crippen molar-refractivity contribution in [3.8, 4) is 0 Å². The summed E-state index contributed by atoms with van der Waals surface area (Å²) in [4.78, 5) is -0.105. The van der Waals surface area contributed by atoms with Crippen LogP contribution in [0.25, 0.3) is 0 Å². The molecule has 0 saturated carbocycles. The van der Waals surface area contributed by atoms with Gasteiger partial charge in [0, 0.05) is 0 Å². The summed E-state index contributed by atoms with van der Waals surface area (Å²) in [5.41, 5.74) is 2.05. The molecular weight excluding hydrogens is 343 g/mol. The summed E-state index contributed by atoms with van der Waals surface area (Å²) in [7, 11) is -4.35. The second kappa shape index (κ2) is 14.2. The van der Waals surface area contributed by atoms with Gasteiger partial charge in [0.1, 0.15) is 10.1 Å². The first-order valence-corrected chi connectivity index (χ1v) is 10.9. The Balaban J connectivity index is 0.00000576. The van der Waals surface area contributed by atoms with Gasteiger partial charge in [0.15, 0.2) is 0 Å². The first-order chi connectivity index (χ1) is 11.4. The fraction of sp³-hybridized carbons (Fsp3) is 0.700. The van der Waals surface area contributed by atoms with Crippen LogP contribution in [-0.4, -0.2) is 13.0 Å². The normalized spacial score (nSPS) is 11.3. The van der Waals surface area contributed by atoms with E-state index in [1.807, 2.05) is 6.92 Å². The molecule has 1 rings (SSSR count). The van der Waals surface area contributed by atoms with E-state index in [0.29, 0.717) is 0 Å². The third-order valence-corrected chi connectivity index (χ3v) is 5.49. The summed E-state index contributed by atoms with van der Waals surface area (Å²) < 4.78 is 33.3. The molecular formula is C20H33NaO3S. The van der Waals surface area contributed by atoms with E-state index in [9.17, 15) is 13.0 Å². The Morgan fingerprint density at radius 2 is 1.32 bits per heavy atom. The van der Waals surface area contributed by atoms with Gasteiger partial charge in [-0.1, -0.05) is 77.2 Å². The quantitative estimate of drug-likeness (QED) is 0.302. The van der Waals surface area contributed by atoms with Crippen LogP contribution in [-0.2, 0) is 16.5 Å². The van der Waals surface area contributed by atoms with Crippen molar-refractivity contribution in [2.75, 3.05) is 0 Å². The molecule has 0 heterocycles. The maximum Gasteiger partial charge on any atom is 1.00 e. The average molecular weight is 377 g/mol. The van der Waals surface area contributed by atoms with Gasteiger partial charge in [-0.15, -0.1) is 0 Å². The standard InChI is InChI=1S/C20H34O3S.Na/c1-3-4-5-6-7-8-9-10-11-12-13-14-19-17-20(24(21,22)23)16-15-18(19)2;/h15-17H,3-14H2,1-2H3,(H,21,22,23);/q;+1/p-1. The van der Waals surface area contributed by atoms with E-state index >= 15 is 0 Å². The molecule has 5 heteroatoms. The summed E-state index contributed by atoms with van der Waals surface area (Å²) >= 11 is 0. The smallest absolute Gasteiger partial charge is 0.744 e. The number of aryl methyl sites for hydroxylation is 2. The van der Waals surface area contributed by atoms with Crippen LogP contribution in [0.3, 0.4) is 0 Å². The maximum atomic E-state index is 11.1. The summed E-state index contributed by atoms with van der Waals surface area (Å²) in [6, 6.07) is 4.69. The van der Waals surface area contributed by atoms with Crippen molar-refractivity contribution in [1.29, 1.82) is 0 Å². The average Bonchev–Trinajstić information content (AvgIpc) is 2.53. The van der Waals surface area contributed by atoms with E-state index in [-0.39, 0.29) is 34.5 Å². The largest absolute Gasteiger partial charge is 1.00 e. The molecule has 1 aromatic carbocycles. The zero-order valence-corrected chi connectivity index (χ0v) is 19.2. The fourth-order valence-corrected chi connectivity index (χ4v) is 3.57. The van der Waals surface area contributed by atoms with Crippen molar-refractivity contribution < 1.29 is 42.5 Å². The number of unbranched alkanes of at least 4 members (excludes halogenated alkanes) is 10. The zero-order valence-electron chi connectivity index (χ0n) is 16.4. The summed E-state index contributed by atoms with van der Waals surface area (Å²) in [5, 5.41) is 0. The molecule has 0 aliphatic carbocycles. The van der Waals surface area contributed by atoms with Gasteiger partial charge >= 0.3 is 29.6 Å². The van der Waals surface area contributed by atoms with Crippen LogP contribution in [0.4, 0.5) is 0 Å². The predicted molar refractivity (Wildman–Crippen MR) is 99.3 cm³/mol. The number of hydrogen-bond acceptors (Lipinski definition) is 3. The van der Waals surface area contributed by atoms with E-state index in [2.05, 4.69) is 6.92 Å². The van der Waals surface area contributed by atoms with Gasteiger partial charge in [-0.2, -0.15) is 0 Å². The molecule has 0 aromatic heterocycles. The van der Waals surface area contributed by atoms with Crippen LogP contribution in [0.5, 0.6) is 0 Å². The Morgan fingerprint density at radius 3 is 1.80 bits per heavy atom. The summed E-state index contributed by atoms with van der Waals surface area (Å²) in [5.74, 6) is 0.